The predicted octanol–water partition coefficient (Wildman–Crippen LogP) is 1.35. The number of amides is 1. The molecule has 1 aliphatic rings. The number of ether oxygens (including phenoxy) is 1. The lowest BCUT2D eigenvalue weighted by atomic mass is 10.1. The van der Waals surface area contributed by atoms with E-state index in [9.17, 15) is 9.59 Å². The monoisotopic (exact) mass is 262 g/mol. The Kier molecular flexibility index (Phi) is 3.74. The van der Waals surface area contributed by atoms with Crippen LogP contribution in [-0.2, 0) is 4.79 Å². The largest absolute Gasteiger partial charge is 0.486 e. The molecule has 1 heterocycles. The maximum absolute atomic E-state index is 11.4. The molecule has 1 amide bonds. The number of benzene rings is 1. The molecule has 0 spiro atoms. The van der Waals surface area contributed by atoms with Crippen molar-refractivity contribution in [2.45, 2.75) is 26.4 Å². The Bertz CT molecular complexity index is 513. The van der Waals surface area contributed by atoms with Crippen LogP contribution in [0.15, 0.2) is 18.2 Å². The van der Waals surface area contributed by atoms with Gasteiger partial charge in [-0.3, -0.25) is 9.59 Å². The number of hydrogen-bond donors (Lipinski definition) is 1. The number of primary amides is 1. The number of rotatable bonds is 4. The van der Waals surface area contributed by atoms with E-state index >= 15 is 0 Å². The molecular weight excluding hydrogens is 244 g/mol. The summed E-state index contributed by atoms with van der Waals surface area (Å²) >= 11 is 0. The lowest BCUT2D eigenvalue weighted by Crippen LogP contribution is -2.43. The van der Waals surface area contributed by atoms with E-state index in [0.717, 1.165) is 12.1 Å². The van der Waals surface area contributed by atoms with Gasteiger partial charge in [-0.1, -0.05) is 6.92 Å². The van der Waals surface area contributed by atoms with Gasteiger partial charge in [-0.05, 0) is 31.5 Å². The van der Waals surface area contributed by atoms with Crippen molar-refractivity contribution >= 4 is 17.4 Å². The first-order valence-corrected chi connectivity index (χ1v) is 6.36. The summed E-state index contributed by atoms with van der Waals surface area (Å²) in [5, 5.41) is 0. The SMILES string of the molecule is CCC1CN(CC(N)=O)c2cc(C(C)=O)ccc2O1. The van der Waals surface area contributed by atoms with Crippen LogP contribution in [0.25, 0.3) is 0 Å². The van der Waals surface area contributed by atoms with Crippen LogP contribution in [0.2, 0.25) is 0 Å². The van der Waals surface area contributed by atoms with E-state index in [-0.39, 0.29) is 18.4 Å². The molecule has 1 aromatic rings. The van der Waals surface area contributed by atoms with Crippen molar-refractivity contribution in [1.29, 1.82) is 0 Å². The van der Waals surface area contributed by atoms with Crippen molar-refractivity contribution in [3.63, 3.8) is 0 Å². The number of nitrogens with two attached hydrogens (primary N) is 1. The van der Waals surface area contributed by atoms with Crippen LogP contribution in [0.1, 0.15) is 30.6 Å². The zero-order valence-corrected chi connectivity index (χ0v) is 11.2. The summed E-state index contributed by atoms with van der Waals surface area (Å²) in [6.45, 7) is 4.28. The second kappa shape index (κ2) is 5.30. The van der Waals surface area contributed by atoms with Gasteiger partial charge in [0.15, 0.2) is 5.78 Å². The van der Waals surface area contributed by atoms with Crippen LogP contribution in [0, 0.1) is 0 Å². The van der Waals surface area contributed by atoms with Gasteiger partial charge < -0.3 is 15.4 Å². The highest BCUT2D eigenvalue weighted by molar-refractivity contribution is 5.95. The summed E-state index contributed by atoms with van der Waals surface area (Å²) in [5.74, 6) is 0.291. The van der Waals surface area contributed by atoms with E-state index in [1.54, 1.807) is 18.2 Å². The third kappa shape index (κ3) is 2.86. The highest BCUT2D eigenvalue weighted by atomic mass is 16.5. The average molecular weight is 262 g/mol. The van der Waals surface area contributed by atoms with E-state index in [1.807, 2.05) is 11.8 Å². The maximum Gasteiger partial charge on any atom is 0.236 e. The first-order chi connectivity index (χ1) is 9.01. The highest BCUT2D eigenvalue weighted by Crippen LogP contribution is 2.34. The first kappa shape index (κ1) is 13.4. The molecule has 2 N–H and O–H groups in total. The van der Waals surface area contributed by atoms with Gasteiger partial charge in [-0.25, -0.2) is 0 Å². The molecule has 1 unspecified atom stereocenters. The van der Waals surface area contributed by atoms with Gasteiger partial charge in [0.2, 0.25) is 5.91 Å². The van der Waals surface area contributed by atoms with Crippen molar-refractivity contribution in [2.75, 3.05) is 18.0 Å². The van der Waals surface area contributed by atoms with E-state index in [0.29, 0.717) is 17.9 Å². The van der Waals surface area contributed by atoms with Crippen molar-refractivity contribution in [3.05, 3.63) is 23.8 Å². The lowest BCUT2D eigenvalue weighted by molar-refractivity contribution is -0.116. The molecule has 0 saturated carbocycles. The minimum absolute atomic E-state index is 0.0144. The first-order valence-electron chi connectivity index (χ1n) is 6.36. The number of carbonyl (C=O) groups excluding carboxylic acids is 2. The summed E-state index contributed by atoms with van der Waals surface area (Å²) in [7, 11) is 0. The molecule has 0 aliphatic carbocycles. The van der Waals surface area contributed by atoms with Gasteiger partial charge in [0.1, 0.15) is 11.9 Å². The molecule has 0 saturated heterocycles. The molecule has 5 heteroatoms. The number of nitrogens with zero attached hydrogens (tertiary/aromatic N) is 1. The number of anilines is 1. The van der Waals surface area contributed by atoms with Gasteiger partial charge in [0.05, 0.1) is 18.8 Å². The number of Topliss-reactive ketones (excluding diaryl/α,β-unsaturated/α-hetero) is 1. The maximum atomic E-state index is 11.4. The Morgan fingerprint density at radius 2 is 2.21 bits per heavy atom. The third-order valence-electron chi connectivity index (χ3n) is 3.23. The van der Waals surface area contributed by atoms with Crippen LogP contribution in [0.3, 0.4) is 0 Å². The van der Waals surface area contributed by atoms with E-state index in [1.165, 1.54) is 6.92 Å². The number of carbonyl (C=O) groups is 2. The highest BCUT2D eigenvalue weighted by Gasteiger charge is 2.26. The fraction of sp³-hybridized carbons (Fsp3) is 0.429. The predicted molar refractivity (Wildman–Crippen MR) is 72.6 cm³/mol. The normalized spacial score (nSPS) is 17.6. The number of ketones is 1. The summed E-state index contributed by atoms with van der Waals surface area (Å²) in [4.78, 5) is 24.5. The minimum Gasteiger partial charge on any atom is -0.486 e. The van der Waals surface area contributed by atoms with Gasteiger partial charge in [-0.15, -0.1) is 0 Å². The zero-order chi connectivity index (χ0) is 14.0. The molecule has 5 nitrogen and oxygen atoms in total. The Hall–Kier alpha value is -2.04. The van der Waals surface area contributed by atoms with Gasteiger partial charge in [-0.2, -0.15) is 0 Å². The molecular formula is C14H18N2O3. The second-order valence-corrected chi connectivity index (χ2v) is 4.73. The smallest absolute Gasteiger partial charge is 0.236 e. The molecule has 1 aliphatic heterocycles. The molecule has 0 radical (unpaired) electrons. The summed E-state index contributed by atoms with van der Waals surface area (Å²) < 4.78 is 5.82. The third-order valence-corrected chi connectivity index (χ3v) is 3.23. The van der Waals surface area contributed by atoms with Crippen molar-refractivity contribution in [1.82, 2.24) is 0 Å². The molecule has 2 rings (SSSR count). The van der Waals surface area contributed by atoms with Gasteiger partial charge in [0.25, 0.3) is 0 Å². The molecule has 1 aromatic carbocycles. The zero-order valence-electron chi connectivity index (χ0n) is 11.2. The van der Waals surface area contributed by atoms with Crippen molar-refractivity contribution in [3.8, 4) is 5.75 Å². The Balaban J connectivity index is 2.39. The topological polar surface area (TPSA) is 72.6 Å². The van der Waals surface area contributed by atoms with Crippen LogP contribution in [0.5, 0.6) is 5.75 Å². The molecule has 0 aromatic heterocycles. The van der Waals surface area contributed by atoms with Crippen LogP contribution in [-0.4, -0.2) is 30.9 Å². The van der Waals surface area contributed by atoms with Crippen molar-refractivity contribution in [2.24, 2.45) is 5.73 Å². The Morgan fingerprint density at radius 1 is 1.47 bits per heavy atom. The van der Waals surface area contributed by atoms with E-state index < -0.39 is 5.91 Å². The summed E-state index contributed by atoms with van der Waals surface area (Å²) in [6.07, 6.45) is 0.887. The second-order valence-electron chi connectivity index (χ2n) is 4.73. The summed E-state index contributed by atoms with van der Waals surface area (Å²) in [5.41, 5.74) is 6.64. The van der Waals surface area contributed by atoms with Gasteiger partial charge in [0, 0.05) is 5.56 Å². The molecule has 0 fully saturated rings. The Labute approximate surface area is 112 Å². The summed E-state index contributed by atoms with van der Waals surface area (Å²) in [6, 6.07) is 5.27. The van der Waals surface area contributed by atoms with Gasteiger partial charge >= 0.3 is 0 Å². The van der Waals surface area contributed by atoms with E-state index in [2.05, 4.69) is 0 Å². The fourth-order valence-electron chi connectivity index (χ4n) is 2.19. The van der Waals surface area contributed by atoms with E-state index in [4.69, 9.17) is 10.5 Å². The number of fused-ring (bicyclic) bond motifs is 1. The van der Waals surface area contributed by atoms with Crippen LogP contribution >= 0.6 is 0 Å². The fourth-order valence-corrected chi connectivity index (χ4v) is 2.19. The van der Waals surface area contributed by atoms with Crippen LogP contribution in [0.4, 0.5) is 5.69 Å². The van der Waals surface area contributed by atoms with Crippen molar-refractivity contribution < 1.29 is 14.3 Å². The molecule has 19 heavy (non-hydrogen) atoms. The molecule has 1 atom stereocenters. The molecule has 0 bridgehead atoms. The standard InChI is InChI=1S/C14H18N2O3/c1-3-11-7-16(8-14(15)18)12-6-10(9(2)17)4-5-13(12)19-11/h4-6,11H,3,7-8H2,1-2H3,(H2,15,18). The Morgan fingerprint density at radius 3 is 2.79 bits per heavy atom. The molecule has 102 valence electrons. The lowest BCUT2D eigenvalue weighted by Gasteiger charge is -2.35. The number of hydrogen-bond acceptors (Lipinski definition) is 4. The average Bonchev–Trinajstić information content (AvgIpc) is 2.37. The quantitative estimate of drug-likeness (QED) is 0.831. The minimum atomic E-state index is -0.393. The van der Waals surface area contributed by atoms with Crippen LogP contribution < -0.4 is 15.4 Å².